The molecule has 8 nitrogen and oxygen atoms in total. The van der Waals surface area contributed by atoms with Crippen LogP contribution in [-0.2, 0) is 14.3 Å². The van der Waals surface area contributed by atoms with E-state index >= 15 is 0 Å². The number of ether oxygens (including phenoxy) is 2. The summed E-state index contributed by atoms with van der Waals surface area (Å²) in [5.41, 5.74) is 0.970. The zero-order valence-electron chi connectivity index (χ0n) is 18.7. The van der Waals surface area contributed by atoms with Crippen LogP contribution in [0.4, 0.5) is 5.95 Å². The van der Waals surface area contributed by atoms with E-state index in [0.29, 0.717) is 5.92 Å². The highest BCUT2D eigenvalue weighted by molar-refractivity contribution is 5.80. The number of likely N-dealkylation sites (tertiary alicyclic amines) is 1. The first kappa shape index (κ1) is 21.5. The fourth-order valence-corrected chi connectivity index (χ4v) is 5.07. The van der Waals surface area contributed by atoms with Gasteiger partial charge in [-0.2, -0.15) is 0 Å². The van der Waals surface area contributed by atoms with Crippen molar-refractivity contribution in [3.63, 3.8) is 0 Å². The molecule has 8 heteroatoms. The van der Waals surface area contributed by atoms with Crippen LogP contribution in [0.25, 0.3) is 0 Å². The van der Waals surface area contributed by atoms with E-state index in [1.807, 2.05) is 26.4 Å². The first-order valence-corrected chi connectivity index (χ1v) is 11.1. The van der Waals surface area contributed by atoms with Crippen LogP contribution in [0.3, 0.4) is 0 Å². The van der Waals surface area contributed by atoms with Crippen molar-refractivity contribution in [1.29, 1.82) is 0 Å². The molecule has 3 aliphatic heterocycles. The zero-order chi connectivity index (χ0) is 21.3. The number of carbonyl (C=O) groups excluding carboxylic acids is 1. The van der Waals surface area contributed by atoms with Crippen LogP contribution in [0.2, 0.25) is 0 Å². The number of nitrogens with zero attached hydrogens (tertiary/aromatic N) is 5. The third-order valence-electron chi connectivity index (χ3n) is 6.44. The van der Waals surface area contributed by atoms with Gasteiger partial charge in [-0.25, -0.2) is 9.97 Å². The molecule has 3 saturated heterocycles. The van der Waals surface area contributed by atoms with Gasteiger partial charge in [-0.15, -0.1) is 0 Å². The Morgan fingerprint density at radius 1 is 1.20 bits per heavy atom. The lowest BCUT2D eigenvalue weighted by Crippen LogP contribution is -2.46. The molecular formula is C22H35N5O3. The Hall–Kier alpha value is -1.77. The molecular weight excluding hydrogens is 382 g/mol. The van der Waals surface area contributed by atoms with Crippen LogP contribution in [0.15, 0.2) is 12.3 Å². The molecule has 4 rings (SSSR count). The first-order valence-electron chi connectivity index (χ1n) is 11.1. The first-order chi connectivity index (χ1) is 14.4. The molecule has 0 bridgehead atoms. The summed E-state index contributed by atoms with van der Waals surface area (Å²) >= 11 is 0. The summed E-state index contributed by atoms with van der Waals surface area (Å²) in [7, 11) is 3.68. The number of hydrogen-bond acceptors (Lipinski definition) is 7. The van der Waals surface area contributed by atoms with Gasteiger partial charge in [0.25, 0.3) is 0 Å². The normalized spacial score (nSPS) is 32.5. The molecule has 0 aliphatic carbocycles. The molecule has 4 heterocycles. The average molecular weight is 418 g/mol. The van der Waals surface area contributed by atoms with Gasteiger partial charge in [-0.1, -0.05) is 0 Å². The summed E-state index contributed by atoms with van der Waals surface area (Å²) in [6.07, 6.45) is 3.25. The van der Waals surface area contributed by atoms with Crippen molar-refractivity contribution in [2.45, 2.75) is 38.4 Å². The maximum absolute atomic E-state index is 13.0. The lowest BCUT2D eigenvalue weighted by atomic mass is 9.91. The van der Waals surface area contributed by atoms with E-state index in [9.17, 15) is 4.79 Å². The summed E-state index contributed by atoms with van der Waals surface area (Å²) in [4.78, 5) is 28.8. The molecule has 1 aromatic heterocycles. The van der Waals surface area contributed by atoms with Crippen LogP contribution in [-0.4, -0.2) is 97.9 Å². The average Bonchev–Trinajstić information content (AvgIpc) is 3.37. The predicted octanol–water partition coefficient (Wildman–Crippen LogP) is 1.23. The summed E-state index contributed by atoms with van der Waals surface area (Å²) < 4.78 is 11.4. The summed E-state index contributed by atoms with van der Waals surface area (Å²) in [5.74, 6) is 1.50. The Kier molecular flexibility index (Phi) is 6.55. The molecule has 3 fully saturated rings. The standard InChI is InChI=1S/C22H35N5O3/c1-15-9-27(10-16(2)30-15)22-23-7-5-20(24-22)18-12-26(11-17-6-8-29-14-17)13-19(18)21(28)25(3)4/h5,7,15-19H,6,8-14H2,1-4H3/t15-,16+,17-,18+,19+/m0/s1. The van der Waals surface area contributed by atoms with Gasteiger partial charge >= 0.3 is 0 Å². The number of carbonyl (C=O) groups is 1. The van der Waals surface area contributed by atoms with Gasteiger partial charge in [0.05, 0.1) is 30.4 Å². The summed E-state index contributed by atoms with van der Waals surface area (Å²) in [6.45, 7) is 10.0. The third kappa shape index (κ3) is 4.76. The van der Waals surface area contributed by atoms with Crippen molar-refractivity contribution in [2.75, 3.05) is 64.9 Å². The van der Waals surface area contributed by atoms with Gasteiger partial charge in [0.1, 0.15) is 0 Å². The highest BCUT2D eigenvalue weighted by Gasteiger charge is 2.41. The van der Waals surface area contributed by atoms with Crippen molar-refractivity contribution >= 4 is 11.9 Å². The number of morpholine rings is 1. The van der Waals surface area contributed by atoms with Crippen molar-refractivity contribution < 1.29 is 14.3 Å². The molecule has 166 valence electrons. The highest BCUT2D eigenvalue weighted by atomic mass is 16.5. The van der Waals surface area contributed by atoms with E-state index in [1.165, 1.54) is 0 Å². The maximum Gasteiger partial charge on any atom is 0.227 e. The molecule has 3 aliphatic rings. The lowest BCUT2D eigenvalue weighted by Gasteiger charge is -2.35. The SMILES string of the molecule is C[C@@H]1CN(c2nccc([C@@H]3CN(C[C@@H]4CCOC4)C[C@H]3C(=O)N(C)C)n2)C[C@H](C)O1. The van der Waals surface area contributed by atoms with E-state index < -0.39 is 0 Å². The predicted molar refractivity (Wildman–Crippen MR) is 115 cm³/mol. The molecule has 0 radical (unpaired) electrons. The minimum atomic E-state index is -0.0763. The lowest BCUT2D eigenvalue weighted by molar-refractivity contribution is -0.133. The van der Waals surface area contributed by atoms with Crippen LogP contribution < -0.4 is 4.90 Å². The Morgan fingerprint density at radius 3 is 2.63 bits per heavy atom. The van der Waals surface area contributed by atoms with Crippen LogP contribution in [0.1, 0.15) is 31.9 Å². The van der Waals surface area contributed by atoms with Crippen molar-refractivity contribution in [1.82, 2.24) is 19.8 Å². The summed E-state index contributed by atoms with van der Waals surface area (Å²) in [5, 5.41) is 0. The van der Waals surface area contributed by atoms with Crippen LogP contribution in [0, 0.1) is 11.8 Å². The fraction of sp³-hybridized carbons (Fsp3) is 0.773. The number of anilines is 1. The van der Waals surface area contributed by atoms with Gasteiger partial charge in [0, 0.05) is 65.5 Å². The Bertz CT molecular complexity index is 729. The second kappa shape index (κ2) is 9.16. The minimum Gasteiger partial charge on any atom is -0.381 e. The van der Waals surface area contributed by atoms with Crippen LogP contribution in [0.5, 0.6) is 0 Å². The maximum atomic E-state index is 13.0. The van der Waals surface area contributed by atoms with E-state index in [0.717, 1.165) is 64.0 Å². The Balaban J connectivity index is 1.54. The highest BCUT2D eigenvalue weighted by Crippen LogP contribution is 2.34. The van der Waals surface area contributed by atoms with Crippen molar-refractivity contribution in [3.05, 3.63) is 18.0 Å². The number of amides is 1. The van der Waals surface area contributed by atoms with Crippen molar-refractivity contribution in [2.24, 2.45) is 11.8 Å². The van der Waals surface area contributed by atoms with Gasteiger partial charge < -0.3 is 24.2 Å². The molecule has 30 heavy (non-hydrogen) atoms. The van der Waals surface area contributed by atoms with Gasteiger partial charge in [-0.3, -0.25) is 4.79 Å². The van der Waals surface area contributed by atoms with Gasteiger partial charge in [0.2, 0.25) is 11.9 Å². The second-order valence-electron chi connectivity index (χ2n) is 9.34. The molecule has 5 atom stereocenters. The summed E-state index contributed by atoms with van der Waals surface area (Å²) in [6, 6.07) is 1.99. The molecule has 1 amide bonds. The minimum absolute atomic E-state index is 0.0763. The topological polar surface area (TPSA) is 71.0 Å². The van der Waals surface area contributed by atoms with Gasteiger partial charge in [-0.05, 0) is 32.3 Å². The Labute approximate surface area is 179 Å². The smallest absolute Gasteiger partial charge is 0.227 e. The second-order valence-corrected chi connectivity index (χ2v) is 9.34. The van der Waals surface area contributed by atoms with Crippen molar-refractivity contribution in [3.8, 4) is 0 Å². The van der Waals surface area contributed by atoms with E-state index in [4.69, 9.17) is 14.5 Å². The third-order valence-corrected chi connectivity index (χ3v) is 6.44. The monoisotopic (exact) mass is 417 g/mol. The molecule has 0 aromatic carbocycles. The quantitative estimate of drug-likeness (QED) is 0.714. The zero-order valence-corrected chi connectivity index (χ0v) is 18.7. The fourth-order valence-electron chi connectivity index (χ4n) is 5.07. The van der Waals surface area contributed by atoms with Gasteiger partial charge in [0.15, 0.2) is 0 Å². The molecule has 0 spiro atoms. The molecule has 0 unspecified atom stereocenters. The number of hydrogen-bond donors (Lipinski definition) is 0. The number of aromatic nitrogens is 2. The van der Waals surface area contributed by atoms with E-state index in [1.54, 1.807) is 4.90 Å². The van der Waals surface area contributed by atoms with Crippen LogP contribution >= 0.6 is 0 Å². The van der Waals surface area contributed by atoms with E-state index in [2.05, 4.69) is 28.6 Å². The molecule has 1 aromatic rings. The molecule has 0 N–H and O–H groups in total. The van der Waals surface area contributed by atoms with E-state index in [-0.39, 0.29) is 30.0 Å². The number of rotatable bonds is 5. The Morgan fingerprint density at radius 2 is 1.97 bits per heavy atom. The largest absolute Gasteiger partial charge is 0.381 e. The molecule has 0 saturated carbocycles.